The molecule has 2 rings (SSSR count). The highest BCUT2D eigenvalue weighted by molar-refractivity contribution is 5.73. The number of likely N-dealkylation sites (tertiary alicyclic amines) is 1. The van der Waals surface area contributed by atoms with Gasteiger partial charge in [0.1, 0.15) is 0 Å². The van der Waals surface area contributed by atoms with E-state index in [1.165, 1.54) is 5.56 Å². The molecule has 0 bridgehead atoms. The number of hydrogen-bond acceptors (Lipinski definition) is 3. The molecule has 3 N–H and O–H groups in total. The molecule has 1 aromatic rings. The third-order valence-corrected chi connectivity index (χ3v) is 3.90. The van der Waals surface area contributed by atoms with Crippen molar-refractivity contribution in [3.05, 3.63) is 29.8 Å². The van der Waals surface area contributed by atoms with Crippen LogP contribution in [0.25, 0.3) is 0 Å². The summed E-state index contributed by atoms with van der Waals surface area (Å²) in [6.07, 6.45) is 2.05. The Morgan fingerprint density at radius 1 is 1.32 bits per heavy atom. The first-order valence-corrected chi connectivity index (χ1v) is 6.93. The quantitative estimate of drug-likeness (QED) is 0.817. The predicted molar refractivity (Wildman–Crippen MR) is 77.7 cm³/mol. The largest absolute Gasteiger partial charge is 0.399 e. The van der Waals surface area contributed by atoms with Crippen LogP contribution in [0.4, 0.5) is 5.69 Å². The van der Waals surface area contributed by atoms with Crippen molar-refractivity contribution < 1.29 is 4.79 Å². The number of hydrogen-bond donors (Lipinski definition) is 2. The third kappa shape index (κ3) is 3.70. The fourth-order valence-corrected chi connectivity index (χ4v) is 2.70. The Morgan fingerprint density at radius 2 is 1.89 bits per heavy atom. The minimum Gasteiger partial charge on any atom is -0.399 e. The zero-order chi connectivity index (χ0) is 13.8. The molecule has 4 nitrogen and oxygen atoms in total. The van der Waals surface area contributed by atoms with Gasteiger partial charge in [-0.1, -0.05) is 12.1 Å². The Bertz CT molecular complexity index is 422. The second kappa shape index (κ2) is 6.06. The summed E-state index contributed by atoms with van der Waals surface area (Å²) in [5.74, 6) is 0.0741. The molecule has 1 aliphatic rings. The molecule has 1 aliphatic heterocycles. The summed E-state index contributed by atoms with van der Waals surface area (Å²) in [6, 6.07) is 8.84. The third-order valence-electron chi connectivity index (χ3n) is 3.90. The van der Waals surface area contributed by atoms with Gasteiger partial charge in [-0.25, -0.2) is 0 Å². The number of anilines is 1. The molecule has 0 spiro atoms. The van der Waals surface area contributed by atoms with E-state index in [1.54, 1.807) is 6.92 Å². The monoisotopic (exact) mass is 261 g/mol. The zero-order valence-corrected chi connectivity index (χ0v) is 11.7. The summed E-state index contributed by atoms with van der Waals surface area (Å²) in [4.78, 5) is 13.5. The van der Waals surface area contributed by atoms with Crippen LogP contribution in [0, 0.1) is 0 Å². The number of carbonyl (C=O) groups excluding carboxylic acids is 1. The molecule has 1 amide bonds. The summed E-state index contributed by atoms with van der Waals surface area (Å²) < 4.78 is 0. The number of carbonyl (C=O) groups is 1. The van der Waals surface area contributed by atoms with Crippen molar-refractivity contribution >= 4 is 11.6 Å². The van der Waals surface area contributed by atoms with Crippen molar-refractivity contribution in [2.45, 2.75) is 38.8 Å². The van der Waals surface area contributed by atoms with Gasteiger partial charge in [0, 0.05) is 37.8 Å². The number of rotatable bonds is 3. The van der Waals surface area contributed by atoms with Gasteiger partial charge in [0.15, 0.2) is 0 Å². The highest BCUT2D eigenvalue weighted by Crippen LogP contribution is 2.24. The number of nitrogen functional groups attached to an aromatic ring is 1. The molecule has 104 valence electrons. The van der Waals surface area contributed by atoms with Crippen LogP contribution in [0.2, 0.25) is 0 Å². The molecule has 19 heavy (non-hydrogen) atoms. The standard InChI is InChI=1S/C15H23N3O/c1-11(13-3-5-14(16)6-4-13)18-9-7-15(8-10-18)17-12(2)19/h3-6,11,15H,7-10,16H2,1-2H3,(H,17,19). The van der Waals surface area contributed by atoms with Crippen LogP contribution in [0.15, 0.2) is 24.3 Å². The molecule has 0 saturated carbocycles. The topological polar surface area (TPSA) is 58.4 Å². The van der Waals surface area contributed by atoms with Gasteiger partial charge in [-0.3, -0.25) is 9.69 Å². The lowest BCUT2D eigenvalue weighted by Gasteiger charge is -2.36. The minimum atomic E-state index is 0.0741. The lowest BCUT2D eigenvalue weighted by molar-refractivity contribution is -0.120. The van der Waals surface area contributed by atoms with Crippen LogP contribution in [0.5, 0.6) is 0 Å². The maximum Gasteiger partial charge on any atom is 0.217 e. The fourth-order valence-electron chi connectivity index (χ4n) is 2.70. The van der Waals surface area contributed by atoms with E-state index in [0.29, 0.717) is 12.1 Å². The molecular formula is C15H23N3O. The van der Waals surface area contributed by atoms with E-state index in [0.717, 1.165) is 31.6 Å². The Morgan fingerprint density at radius 3 is 2.42 bits per heavy atom. The molecule has 0 aliphatic carbocycles. The summed E-state index contributed by atoms with van der Waals surface area (Å²) >= 11 is 0. The molecule has 0 aromatic heterocycles. The van der Waals surface area contributed by atoms with Crippen molar-refractivity contribution in [2.24, 2.45) is 0 Å². The Balaban J connectivity index is 1.90. The van der Waals surface area contributed by atoms with Crippen molar-refractivity contribution in [1.29, 1.82) is 0 Å². The Hall–Kier alpha value is -1.55. The zero-order valence-electron chi connectivity index (χ0n) is 11.7. The van der Waals surface area contributed by atoms with Crippen LogP contribution < -0.4 is 11.1 Å². The average molecular weight is 261 g/mol. The number of benzene rings is 1. The van der Waals surface area contributed by atoms with E-state index in [-0.39, 0.29) is 5.91 Å². The van der Waals surface area contributed by atoms with Crippen LogP contribution in [-0.4, -0.2) is 29.9 Å². The SMILES string of the molecule is CC(=O)NC1CCN(C(C)c2ccc(N)cc2)CC1. The number of nitrogens with two attached hydrogens (primary N) is 1. The van der Waals surface area contributed by atoms with Crippen LogP contribution >= 0.6 is 0 Å². The van der Waals surface area contributed by atoms with E-state index in [1.807, 2.05) is 12.1 Å². The van der Waals surface area contributed by atoms with Crippen LogP contribution in [0.3, 0.4) is 0 Å². The first-order valence-electron chi connectivity index (χ1n) is 6.93. The molecule has 1 atom stereocenters. The molecule has 1 heterocycles. The van der Waals surface area contributed by atoms with Crippen molar-refractivity contribution in [1.82, 2.24) is 10.2 Å². The maximum absolute atomic E-state index is 11.0. The molecule has 4 heteroatoms. The molecule has 0 radical (unpaired) electrons. The smallest absolute Gasteiger partial charge is 0.217 e. The molecule has 1 aromatic carbocycles. The summed E-state index contributed by atoms with van der Waals surface area (Å²) in [6.45, 7) is 5.86. The van der Waals surface area contributed by atoms with E-state index in [9.17, 15) is 4.79 Å². The van der Waals surface area contributed by atoms with E-state index < -0.39 is 0 Å². The van der Waals surface area contributed by atoms with Crippen LogP contribution in [0.1, 0.15) is 38.3 Å². The minimum absolute atomic E-state index is 0.0741. The highest BCUT2D eigenvalue weighted by atomic mass is 16.1. The van der Waals surface area contributed by atoms with E-state index >= 15 is 0 Å². The lowest BCUT2D eigenvalue weighted by Crippen LogP contribution is -2.44. The van der Waals surface area contributed by atoms with Gasteiger partial charge < -0.3 is 11.1 Å². The maximum atomic E-state index is 11.0. The highest BCUT2D eigenvalue weighted by Gasteiger charge is 2.23. The van der Waals surface area contributed by atoms with Gasteiger partial charge in [0.05, 0.1) is 0 Å². The number of piperidine rings is 1. The number of amides is 1. The van der Waals surface area contributed by atoms with Gasteiger partial charge in [-0.05, 0) is 37.5 Å². The van der Waals surface area contributed by atoms with Crippen molar-refractivity contribution in [3.8, 4) is 0 Å². The predicted octanol–water partition coefficient (Wildman–Crippen LogP) is 1.93. The van der Waals surface area contributed by atoms with Gasteiger partial charge in [0.25, 0.3) is 0 Å². The number of nitrogens with zero attached hydrogens (tertiary/aromatic N) is 1. The first kappa shape index (κ1) is 13.9. The van der Waals surface area contributed by atoms with Crippen molar-refractivity contribution in [2.75, 3.05) is 18.8 Å². The molecule has 1 unspecified atom stereocenters. The second-order valence-corrected chi connectivity index (χ2v) is 5.35. The summed E-state index contributed by atoms with van der Waals surface area (Å²) in [5.41, 5.74) is 7.82. The Labute approximate surface area is 115 Å². The molecule has 1 fully saturated rings. The molecular weight excluding hydrogens is 238 g/mol. The average Bonchev–Trinajstić information content (AvgIpc) is 2.39. The second-order valence-electron chi connectivity index (χ2n) is 5.35. The van der Waals surface area contributed by atoms with Crippen LogP contribution in [-0.2, 0) is 4.79 Å². The number of nitrogens with one attached hydrogen (secondary N) is 1. The summed E-state index contributed by atoms with van der Waals surface area (Å²) in [7, 11) is 0. The van der Waals surface area contributed by atoms with Gasteiger partial charge >= 0.3 is 0 Å². The fraction of sp³-hybridized carbons (Fsp3) is 0.533. The van der Waals surface area contributed by atoms with Crippen molar-refractivity contribution in [3.63, 3.8) is 0 Å². The van der Waals surface area contributed by atoms with Gasteiger partial charge in [0.2, 0.25) is 5.91 Å². The Kier molecular flexibility index (Phi) is 4.43. The first-order chi connectivity index (χ1) is 9.06. The van der Waals surface area contributed by atoms with Gasteiger partial charge in [-0.2, -0.15) is 0 Å². The summed E-state index contributed by atoms with van der Waals surface area (Å²) in [5, 5.41) is 3.01. The lowest BCUT2D eigenvalue weighted by atomic mass is 10.00. The normalized spacial score (nSPS) is 19.1. The van der Waals surface area contributed by atoms with E-state index in [2.05, 4.69) is 29.3 Å². The molecule has 1 saturated heterocycles. The van der Waals surface area contributed by atoms with Gasteiger partial charge in [-0.15, -0.1) is 0 Å². The van der Waals surface area contributed by atoms with E-state index in [4.69, 9.17) is 5.73 Å².